The van der Waals surface area contributed by atoms with E-state index in [0.717, 1.165) is 19.0 Å². The summed E-state index contributed by atoms with van der Waals surface area (Å²) in [6.07, 6.45) is 4.09. The van der Waals surface area contributed by atoms with Crippen LogP contribution in [0.1, 0.15) is 41.9 Å². The molecule has 1 saturated carbocycles. The number of halogens is 1. The number of amides is 2. The molecule has 3 heterocycles. The van der Waals surface area contributed by atoms with Crippen molar-refractivity contribution in [1.82, 2.24) is 20.1 Å². The number of hydrogen-bond acceptors (Lipinski definition) is 4. The topological polar surface area (TPSA) is 105 Å². The zero-order valence-electron chi connectivity index (χ0n) is 14.5. The highest BCUT2D eigenvalue weighted by Gasteiger charge is 2.54. The summed E-state index contributed by atoms with van der Waals surface area (Å²) in [5.41, 5.74) is 6.84. The van der Waals surface area contributed by atoms with Crippen molar-refractivity contribution >= 4 is 11.8 Å². The SMILES string of the molecule is Cc1cc(-c2cc(C(=O)N3CCC(C(N)=O)CC34CC4)[nH]n2)c(F)cn1. The summed E-state index contributed by atoms with van der Waals surface area (Å²) < 4.78 is 14.0. The van der Waals surface area contributed by atoms with E-state index in [4.69, 9.17) is 5.73 Å². The molecule has 136 valence electrons. The highest BCUT2D eigenvalue weighted by atomic mass is 19.1. The molecular weight excluding hydrogens is 337 g/mol. The molecule has 1 saturated heterocycles. The van der Waals surface area contributed by atoms with Crippen molar-refractivity contribution in [2.45, 2.75) is 38.1 Å². The van der Waals surface area contributed by atoms with Crippen molar-refractivity contribution < 1.29 is 14.0 Å². The van der Waals surface area contributed by atoms with Crippen LogP contribution in [-0.2, 0) is 4.79 Å². The maximum atomic E-state index is 14.0. The Kier molecular flexibility index (Phi) is 3.78. The van der Waals surface area contributed by atoms with Crippen LogP contribution in [0, 0.1) is 18.7 Å². The molecule has 2 amide bonds. The fourth-order valence-electron chi connectivity index (χ4n) is 3.83. The van der Waals surface area contributed by atoms with Gasteiger partial charge < -0.3 is 10.6 Å². The van der Waals surface area contributed by atoms with Gasteiger partial charge in [-0.05, 0) is 44.7 Å². The van der Waals surface area contributed by atoms with Gasteiger partial charge in [-0.1, -0.05) is 0 Å². The highest BCUT2D eigenvalue weighted by Crippen LogP contribution is 2.50. The maximum Gasteiger partial charge on any atom is 0.272 e. The van der Waals surface area contributed by atoms with Crippen molar-refractivity contribution in [3.8, 4) is 11.3 Å². The maximum absolute atomic E-state index is 14.0. The standard InChI is InChI=1S/C18H20FN5O2/c1-10-6-12(13(19)9-21-10)14-7-15(23-22-14)17(26)24-5-2-11(16(20)25)8-18(24)3-4-18/h6-7,9,11H,2-5,8H2,1H3,(H2,20,25)(H,22,23). The van der Waals surface area contributed by atoms with E-state index in [1.165, 1.54) is 0 Å². The van der Waals surface area contributed by atoms with Crippen LogP contribution < -0.4 is 5.73 Å². The number of carbonyl (C=O) groups is 2. The number of carbonyl (C=O) groups excluding carboxylic acids is 2. The average molecular weight is 357 g/mol. The van der Waals surface area contributed by atoms with E-state index in [-0.39, 0.29) is 23.3 Å². The van der Waals surface area contributed by atoms with Gasteiger partial charge in [-0.15, -0.1) is 0 Å². The van der Waals surface area contributed by atoms with E-state index < -0.39 is 5.82 Å². The van der Waals surface area contributed by atoms with Gasteiger partial charge in [0.15, 0.2) is 5.82 Å². The lowest BCUT2D eigenvalue weighted by atomic mass is 9.88. The number of H-pyrrole nitrogens is 1. The van der Waals surface area contributed by atoms with E-state index >= 15 is 0 Å². The van der Waals surface area contributed by atoms with Crippen molar-refractivity contribution in [3.63, 3.8) is 0 Å². The van der Waals surface area contributed by atoms with E-state index in [1.54, 1.807) is 19.1 Å². The summed E-state index contributed by atoms with van der Waals surface area (Å²) >= 11 is 0. The van der Waals surface area contributed by atoms with Crippen molar-refractivity contribution in [2.24, 2.45) is 11.7 Å². The van der Waals surface area contributed by atoms with E-state index in [9.17, 15) is 14.0 Å². The van der Waals surface area contributed by atoms with Gasteiger partial charge in [0.05, 0.1) is 11.9 Å². The summed E-state index contributed by atoms with van der Waals surface area (Å²) in [5.74, 6) is -1.12. The van der Waals surface area contributed by atoms with Crippen molar-refractivity contribution in [3.05, 3.63) is 35.5 Å². The third kappa shape index (κ3) is 2.75. The van der Waals surface area contributed by atoms with Crippen LogP contribution in [0.15, 0.2) is 18.3 Å². The Bertz CT molecular complexity index is 889. The second-order valence-electron chi connectivity index (χ2n) is 7.25. The minimum Gasteiger partial charge on any atom is -0.369 e. The Balaban J connectivity index is 1.58. The number of pyridine rings is 1. The Hall–Kier alpha value is -2.77. The molecule has 0 aromatic carbocycles. The quantitative estimate of drug-likeness (QED) is 0.873. The lowest BCUT2D eigenvalue weighted by molar-refractivity contribution is -0.123. The smallest absolute Gasteiger partial charge is 0.272 e. The first-order valence-corrected chi connectivity index (χ1v) is 8.69. The molecule has 2 aliphatic rings. The first-order chi connectivity index (χ1) is 12.4. The highest BCUT2D eigenvalue weighted by molar-refractivity contribution is 5.94. The minimum absolute atomic E-state index is 0.171. The Labute approximate surface area is 149 Å². The lowest BCUT2D eigenvalue weighted by Gasteiger charge is -2.39. The Morgan fingerprint density at radius 1 is 1.38 bits per heavy atom. The predicted octanol–water partition coefficient (Wildman–Crippen LogP) is 1.79. The van der Waals surface area contributed by atoms with Crippen LogP contribution in [0.3, 0.4) is 0 Å². The van der Waals surface area contributed by atoms with Gasteiger partial charge in [0.2, 0.25) is 5.91 Å². The molecule has 7 nitrogen and oxygen atoms in total. The molecule has 2 aromatic rings. The van der Waals surface area contributed by atoms with Crippen LogP contribution in [0.5, 0.6) is 0 Å². The molecule has 2 fully saturated rings. The molecule has 1 aliphatic heterocycles. The van der Waals surface area contributed by atoms with Gasteiger partial charge in [0.1, 0.15) is 5.69 Å². The number of nitrogens with two attached hydrogens (primary N) is 1. The fourth-order valence-corrected chi connectivity index (χ4v) is 3.83. The molecule has 4 rings (SSSR count). The first kappa shape index (κ1) is 16.7. The molecular formula is C18H20FN5O2. The van der Waals surface area contributed by atoms with Crippen LogP contribution in [0.2, 0.25) is 0 Å². The number of nitrogens with zero attached hydrogens (tertiary/aromatic N) is 3. The first-order valence-electron chi connectivity index (χ1n) is 8.69. The van der Waals surface area contributed by atoms with Gasteiger partial charge in [-0.25, -0.2) is 4.39 Å². The third-order valence-electron chi connectivity index (χ3n) is 5.45. The molecule has 0 radical (unpaired) electrons. The second kappa shape index (κ2) is 5.89. The summed E-state index contributed by atoms with van der Waals surface area (Å²) in [6, 6.07) is 3.16. The number of piperidine rings is 1. The molecule has 1 aliphatic carbocycles. The minimum atomic E-state index is -0.484. The number of likely N-dealkylation sites (tertiary alicyclic amines) is 1. The van der Waals surface area contributed by atoms with Gasteiger partial charge in [0, 0.05) is 29.3 Å². The number of nitrogens with one attached hydrogen (secondary N) is 1. The molecule has 3 N–H and O–H groups in total. The molecule has 8 heteroatoms. The van der Waals surface area contributed by atoms with Gasteiger partial charge in [0.25, 0.3) is 5.91 Å². The zero-order chi connectivity index (χ0) is 18.5. The van der Waals surface area contributed by atoms with E-state index in [1.807, 2.05) is 4.90 Å². The summed E-state index contributed by atoms with van der Waals surface area (Å²) in [4.78, 5) is 30.2. The molecule has 1 spiro atoms. The average Bonchev–Trinajstić information content (AvgIpc) is 3.19. The zero-order valence-corrected chi connectivity index (χ0v) is 14.5. The number of aryl methyl sites for hydroxylation is 1. The normalized spacial score (nSPS) is 21.0. The third-order valence-corrected chi connectivity index (χ3v) is 5.45. The fraction of sp³-hybridized carbons (Fsp3) is 0.444. The van der Waals surface area contributed by atoms with Crippen molar-refractivity contribution in [1.29, 1.82) is 0 Å². The number of aromatic nitrogens is 3. The van der Waals surface area contributed by atoms with Crippen LogP contribution in [0.25, 0.3) is 11.3 Å². The molecule has 0 bridgehead atoms. The Morgan fingerprint density at radius 2 is 2.15 bits per heavy atom. The lowest BCUT2D eigenvalue weighted by Crippen LogP contribution is -2.50. The van der Waals surface area contributed by atoms with Crippen LogP contribution >= 0.6 is 0 Å². The van der Waals surface area contributed by atoms with E-state index in [2.05, 4.69) is 15.2 Å². The second-order valence-corrected chi connectivity index (χ2v) is 7.25. The van der Waals surface area contributed by atoms with Crippen molar-refractivity contribution in [2.75, 3.05) is 6.54 Å². The van der Waals surface area contributed by atoms with E-state index in [0.29, 0.717) is 42.0 Å². The van der Waals surface area contributed by atoms with Gasteiger partial charge >= 0.3 is 0 Å². The number of rotatable bonds is 3. The molecule has 26 heavy (non-hydrogen) atoms. The summed E-state index contributed by atoms with van der Waals surface area (Å²) in [7, 11) is 0. The molecule has 2 aromatic heterocycles. The molecule has 1 atom stereocenters. The number of aromatic amines is 1. The largest absolute Gasteiger partial charge is 0.369 e. The summed E-state index contributed by atoms with van der Waals surface area (Å²) in [6.45, 7) is 2.25. The molecule has 1 unspecified atom stereocenters. The van der Waals surface area contributed by atoms with Gasteiger partial charge in [-0.2, -0.15) is 5.10 Å². The predicted molar refractivity (Wildman–Crippen MR) is 91.4 cm³/mol. The van der Waals surface area contributed by atoms with Crippen LogP contribution in [0.4, 0.5) is 4.39 Å². The number of primary amides is 1. The monoisotopic (exact) mass is 357 g/mol. The Morgan fingerprint density at radius 3 is 2.85 bits per heavy atom. The number of hydrogen-bond donors (Lipinski definition) is 2. The van der Waals surface area contributed by atoms with Crippen LogP contribution in [-0.4, -0.2) is 44.0 Å². The van der Waals surface area contributed by atoms with Gasteiger partial charge in [-0.3, -0.25) is 19.7 Å². The summed E-state index contributed by atoms with van der Waals surface area (Å²) in [5, 5.41) is 6.83.